The molecule has 108 valence electrons. The summed E-state index contributed by atoms with van der Waals surface area (Å²) in [6, 6.07) is 5.55. The van der Waals surface area contributed by atoms with Crippen molar-refractivity contribution in [1.29, 1.82) is 0 Å². The molecule has 0 saturated carbocycles. The predicted molar refractivity (Wildman–Crippen MR) is 82.6 cm³/mol. The van der Waals surface area contributed by atoms with E-state index >= 15 is 0 Å². The maximum absolute atomic E-state index is 12.0. The lowest BCUT2D eigenvalue weighted by Gasteiger charge is -2.14. The van der Waals surface area contributed by atoms with Crippen LogP contribution in [0.2, 0.25) is 0 Å². The van der Waals surface area contributed by atoms with Crippen LogP contribution >= 0.6 is 0 Å². The Kier molecular flexibility index (Phi) is 6.78. The van der Waals surface area contributed by atoms with Gasteiger partial charge in [0.2, 0.25) is 0 Å². The number of hydrogen-bond donors (Lipinski definition) is 2. The minimum atomic E-state index is -0.0645. The number of carbonyl (C=O) groups is 1. The van der Waals surface area contributed by atoms with E-state index in [2.05, 4.69) is 29.0 Å². The summed E-state index contributed by atoms with van der Waals surface area (Å²) in [5, 5.41) is 2.91. The van der Waals surface area contributed by atoms with Gasteiger partial charge in [0.05, 0.1) is 6.54 Å². The molecule has 0 saturated heterocycles. The van der Waals surface area contributed by atoms with Crippen LogP contribution < -0.4 is 11.1 Å². The number of nitrogens with one attached hydrogen (secondary N) is 1. The molecule has 0 fully saturated rings. The van der Waals surface area contributed by atoms with Crippen LogP contribution in [0.3, 0.4) is 0 Å². The standard InChI is InChI=1S/C16H23N3O/c1-4-19(3)11-10-18-16(20)15-8-7-13(2)14(12-15)6-5-9-17/h7-8,12H,4,9-11,17H2,1-3H3,(H,18,20). The lowest BCUT2D eigenvalue weighted by molar-refractivity contribution is 0.0950. The number of carbonyl (C=O) groups excluding carboxylic acids is 1. The Morgan fingerprint density at radius 2 is 2.20 bits per heavy atom. The highest BCUT2D eigenvalue weighted by Crippen LogP contribution is 2.10. The molecular formula is C16H23N3O. The number of aryl methyl sites for hydroxylation is 1. The van der Waals surface area contributed by atoms with Gasteiger partial charge in [-0.2, -0.15) is 0 Å². The Hall–Kier alpha value is -1.83. The Morgan fingerprint density at radius 3 is 2.85 bits per heavy atom. The van der Waals surface area contributed by atoms with Crippen LogP contribution in [0, 0.1) is 18.8 Å². The molecule has 0 aliphatic heterocycles. The minimum Gasteiger partial charge on any atom is -0.351 e. The Morgan fingerprint density at radius 1 is 1.45 bits per heavy atom. The molecule has 0 unspecified atom stereocenters. The molecule has 4 nitrogen and oxygen atoms in total. The highest BCUT2D eigenvalue weighted by atomic mass is 16.1. The van der Waals surface area contributed by atoms with E-state index in [1.54, 1.807) is 0 Å². The molecule has 0 aliphatic carbocycles. The fraction of sp³-hybridized carbons (Fsp3) is 0.438. The second kappa shape index (κ2) is 8.36. The van der Waals surface area contributed by atoms with Crippen molar-refractivity contribution in [2.75, 3.05) is 33.2 Å². The molecular weight excluding hydrogens is 250 g/mol. The molecule has 1 aromatic rings. The average Bonchev–Trinajstić information content (AvgIpc) is 2.46. The van der Waals surface area contributed by atoms with Gasteiger partial charge in [0, 0.05) is 24.2 Å². The number of nitrogens with two attached hydrogens (primary N) is 1. The normalized spacial score (nSPS) is 10.1. The third-order valence-electron chi connectivity index (χ3n) is 3.14. The van der Waals surface area contributed by atoms with E-state index in [-0.39, 0.29) is 5.91 Å². The summed E-state index contributed by atoms with van der Waals surface area (Å²) in [5.41, 5.74) is 7.91. The molecule has 0 radical (unpaired) electrons. The fourth-order valence-corrected chi connectivity index (χ4v) is 1.66. The summed E-state index contributed by atoms with van der Waals surface area (Å²) in [5.74, 6) is 5.74. The Balaban J connectivity index is 2.69. The quantitative estimate of drug-likeness (QED) is 0.787. The van der Waals surface area contributed by atoms with E-state index < -0.39 is 0 Å². The molecule has 4 heteroatoms. The van der Waals surface area contributed by atoms with Crippen LogP contribution in [-0.4, -0.2) is 44.0 Å². The molecule has 1 aromatic carbocycles. The summed E-state index contributed by atoms with van der Waals surface area (Å²) < 4.78 is 0. The van der Waals surface area contributed by atoms with Crippen molar-refractivity contribution < 1.29 is 4.79 Å². The average molecular weight is 273 g/mol. The Labute approximate surface area is 121 Å². The van der Waals surface area contributed by atoms with Gasteiger partial charge in [-0.25, -0.2) is 0 Å². The van der Waals surface area contributed by atoms with Gasteiger partial charge in [0.25, 0.3) is 5.91 Å². The summed E-state index contributed by atoms with van der Waals surface area (Å²) in [6.45, 7) is 6.83. The van der Waals surface area contributed by atoms with E-state index in [0.29, 0.717) is 18.7 Å². The second-order valence-corrected chi connectivity index (χ2v) is 4.69. The molecule has 3 N–H and O–H groups in total. The lowest BCUT2D eigenvalue weighted by atomic mass is 10.0. The highest BCUT2D eigenvalue weighted by molar-refractivity contribution is 5.94. The van der Waals surface area contributed by atoms with Gasteiger partial charge in [0.15, 0.2) is 0 Å². The van der Waals surface area contributed by atoms with Gasteiger partial charge >= 0.3 is 0 Å². The maximum atomic E-state index is 12.0. The van der Waals surface area contributed by atoms with Crippen LogP contribution in [0.5, 0.6) is 0 Å². The molecule has 0 atom stereocenters. The van der Waals surface area contributed by atoms with Crippen LogP contribution in [0.1, 0.15) is 28.4 Å². The summed E-state index contributed by atoms with van der Waals surface area (Å²) >= 11 is 0. The third-order valence-corrected chi connectivity index (χ3v) is 3.14. The molecule has 1 amide bonds. The first-order valence-corrected chi connectivity index (χ1v) is 6.84. The molecule has 0 aromatic heterocycles. The topological polar surface area (TPSA) is 58.4 Å². The third kappa shape index (κ3) is 5.04. The van der Waals surface area contributed by atoms with Crippen LogP contribution in [0.25, 0.3) is 0 Å². The zero-order valence-electron chi connectivity index (χ0n) is 12.5. The van der Waals surface area contributed by atoms with Crippen LogP contribution in [-0.2, 0) is 0 Å². The van der Waals surface area contributed by atoms with Crippen molar-refractivity contribution in [2.24, 2.45) is 5.73 Å². The van der Waals surface area contributed by atoms with Crippen molar-refractivity contribution in [2.45, 2.75) is 13.8 Å². The number of hydrogen-bond acceptors (Lipinski definition) is 3. The van der Waals surface area contributed by atoms with Gasteiger partial charge in [-0.15, -0.1) is 0 Å². The van der Waals surface area contributed by atoms with Crippen molar-refractivity contribution in [3.05, 3.63) is 34.9 Å². The molecule has 0 bridgehead atoms. The summed E-state index contributed by atoms with van der Waals surface area (Å²) in [6.07, 6.45) is 0. The van der Waals surface area contributed by atoms with Crippen LogP contribution in [0.4, 0.5) is 0 Å². The zero-order chi connectivity index (χ0) is 15.0. The first kappa shape index (κ1) is 16.2. The van der Waals surface area contributed by atoms with Gasteiger partial charge in [0.1, 0.15) is 0 Å². The van der Waals surface area contributed by atoms with E-state index in [4.69, 9.17) is 5.73 Å². The Bertz CT molecular complexity index is 514. The van der Waals surface area contributed by atoms with E-state index in [1.807, 2.05) is 32.2 Å². The van der Waals surface area contributed by atoms with Crippen molar-refractivity contribution >= 4 is 5.91 Å². The van der Waals surface area contributed by atoms with E-state index in [1.165, 1.54) is 0 Å². The number of benzene rings is 1. The smallest absolute Gasteiger partial charge is 0.251 e. The minimum absolute atomic E-state index is 0.0645. The van der Waals surface area contributed by atoms with E-state index in [0.717, 1.165) is 24.2 Å². The maximum Gasteiger partial charge on any atom is 0.251 e. The highest BCUT2D eigenvalue weighted by Gasteiger charge is 2.07. The van der Waals surface area contributed by atoms with Gasteiger partial charge < -0.3 is 16.0 Å². The number of nitrogens with zero attached hydrogens (tertiary/aromatic N) is 1. The number of likely N-dealkylation sites (N-methyl/N-ethyl adjacent to an activating group) is 1. The van der Waals surface area contributed by atoms with Crippen molar-refractivity contribution in [3.63, 3.8) is 0 Å². The lowest BCUT2D eigenvalue weighted by Crippen LogP contribution is -2.32. The fourth-order valence-electron chi connectivity index (χ4n) is 1.66. The first-order valence-electron chi connectivity index (χ1n) is 6.84. The number of amides is 1. The number of rotatable bonds is 5. The van der Waals surface area contributed by atoms with Crippen molar-refractivity contribution in [1.82, 2.24) is 10.2 Å². The summed E-state index contributed by atoms with van der Waals surface area (Å²) in [7, 11) is 2.03. The van der Waals surface area contributed by atoms with Gasteiger partial charge in [-0.1, -0.05) is 24.8 Å². The van der Waals surface area contributed by atoms with Gasteiger partial charge in [-0.3, -0.25) is 4.79 Å². The first-order chi connectivity index (χ1) is 9.58. The molecule has 1 rings (SSSR count). The molecule has 0 heterocycles. The second-order valence-electron chi connectivity index (χ2n) is 4.69. The van der Waals surface area contributed by atoms with E-state index in [9.17, 15) is 4.79 Å². The summed E-state index contributed by atoms with van der Waals surface area (Å²) in [4.78, 5) is 14.2. The zero-order valence-corrected chi connectivity index (χ0v) is 12.5. The predicted octanol–water partition coefficient (Wildman–Crippen LogP) is 0.987. The molecule has 0 aliphatic rings. The molecule has 20 heavy (non-hydrogen) atoms. The van der Waals surface area contributed by atoms with Crippen LogP contribution in [0.15, 0.2) is 18.2 Å². The monoisotopic (exact) mass is 273 g/mol. The van der Waals surface area contributed by atoms with Gasteiger partial charge in [-0.05, 0) is 38.2 Å². The van der Waals surface area contributed by atoms with Crippen molar-refractivity contribution in [3.8, 4) is 11.8 Å². The SMILES string of the molecule is CCN(C)CCNC(=O)c1ccc(C)c(C#CCN)c1. The largest absolute Gasteiger partial charge is 0.351 e. The molecule has 0 spiro atoms.